The number of anilines is 1. The van der Waals surface area contributed by atoms with Gasteiger partial charge in [0.05, 0.1) is 15.6 Å². The molecule has 1 aliphatic rings. The molecule has 0 bridgehead atoms. The summed E-state index contributed by atoms with van der Waals surface area (Å²) in [5.41, 5.74) is 0.493. The van der Waals surface area contributed by atoms with Gasteiger partial charge in [0.1, 0.15) is 5.82 Å². The van der Waals surface area contributed by atoms with Gasteiger partial charge >= 0.3 is 0 Å². The Morgan fingerprint density at radius 3 is 2.56 bits per heavy atom. The van der Waals surface area contributed by atoms with Gasteiger partial charge in [0.15, 0.2) is 0 Å². The molecule has 0 aliphatic carbocycles. The number of nitrogens with one attached hydrogen (secondary N) is 1. The van der Waals surface area contributed by atoms with Crippen LogP contribution in [0.4, 0.5) is 10.1 Å². The SMILES string of the molecule is O=C(CC1CCCCN1S(=O)(=O)c1ccc(F)cc1)Nc1ccccc1Cl. The van der Waals surface area contributed by atoms with E-state index in [2.05, 4.69) is 5.32 Å². The molecule has 0 saturated carbocycles. The van der Waals surface area contributed by atoms with Gasteiger partial charge in [0, 0.05) is 19.0 Å². The number of piperidine rings is 1. The fraction of sp³-hybridized carbons (Fsp3) is 0.316. The van der Waals surface area contributed by atoms with E-state index in [1.807, 2.05) is 0 Å². The van der Waals surface area contributed by atoms with Gasteiger partial charge in [-0.25, -0.2) is 12.8 Å². The van der Waals surface area contributed by atoms with E-state index in [1.165, 1.54) is 16.4 Å². The first kappa shape index (κ1) is 19.8. The Balaban J connectivity index is 1.76. The smallest absolute Gasteiger partial charge is 0.243 e. The van der Waals surface area contributed by atoms with Crippen molar-refractivity contribution in [1.29, 1.82) is 0 Å². The molecule has 1 heterocycles. The standard InChI is InChI=1S/C19H20ClFN2O3S/c20-17-6-1-2-7-18(17)22-19(24)13-15-5-3-4-12-23(15)27(25,26)16-10-8-14(21)9-11-16/h1-2,6-11,15H,3-5,12-13H2,(H,22,24). The number of nitrogens with zero attached hydrogens (tertiary/aromatic N) is 1. The second-order valence-corrected chi connectivity index (χ2v) is 8.75. The lowest BCUT2D eigenvalue weighted by Crippen LogP contribution is -2.45. The number of benzene rings is 2. The summed E-state index contributed by atoms with van der Waals surface area (Å²) in [6, 6.07) is 11.2. The number of carbonyl (C=O) groups is 1. The van der Waals surface area contributed by atoms with E-state index in [1.54, 1.807) is 24.3 Å². The molecule has 1 fully saturated rings. The van der Waals surface area contributed by atoms with Gasteiger partial charge in [-0.05, 0) is 49.2 Å². The topological polar surface area (TPSA) is 66.5 Å². The van der Waals surface area contributed by atoms with Gasteiger partial charge in [-0.3, -0.25) is 4.79 Å². The molecule has 3 rings (SSSR count). The summed E-state index contributed by atoms with van der Waals surface area (Å²) in [6.07, 6.45) is 2.20. The van der Waals surface area contributed by atoms with Crippen molar-refractivity contribution in [2.45, 2.75) is 36.6 Å². The number of rotatable bonds is 5. The lowest BCUT2D eigenvalue weighted by Gasteiger charge is -2.34. The van der Waals surface area contributed by atoms with Crippen LogP contribution in [0.1, 0.15) is 25.7 Å². The van der Waals surface area contributed by atoms with E-state index in [9.17, 15) is 17.6 Å². The highest BCUT2D eigenvalue weighted by Crippen LogP contribution is 2.28. The number of para-hydroxylation sites is 1. The lowest BCUT2D eigenvalue weighted by atomic mass is 10.0. The average molecular weight is 411 g/mol. The van der Waals surface area contributed by atoms with Crippen molar-refractivity contribution in [3.63, 3.8) is 0 Å². The number of hydrogen-bond donors (Lipinski definition) is 1. The van der Waals surface area contributed by atoms with Gasteiger partial charge in [-0.1, -0.05) is 30.2 Å². The van der Waals surface area contributed by atoms with Crippen LogP contribution in [0.25, 0.3) is 0 Å². The van der Waals surface area contributed by atoms with E-state index < -0.39 is 21.9 Å². The molecule has 0 spiro atoms. The maximum Gasteiger partial charge on any atom is 0.243 e. The van der Waals surface area contributed by atoms with Crippen LogP contribution in [0.3, 0.4) is 0 Å². The van der Waals surface area contributed by atoms with Crippen molar-refractivity contribution in [2.24, 2.45) is 0 Å². The molecule has 1 atom stereocenters. The highest BCUT2D eigenvalue weighted by molar-refractivity contribution is 7.89. The first-order valence-corrected chi connectivity index (χ1v) is 10.5. The quantitative estimate of drug-likeness (QED) is 0.808. The van der Waals surface area contributed by atoms with Crippen LogP contribution in [-0.4, -0.2) is 31.2 Å². The van der Waals surface area contributed by atoms with Gasteiger partial charge in [-0.15, -0.1) is 0 Å². The van der Waals surface area contributed by atoms with Crippen molar-refractivity contribution in [3.05, 3.63) is 59.4 Å². The summed E-state index contributed by atoms with van der Waals surface area (Å²) in [6.45, 7) is 0.337. The highest BCUT2D eigenvalue weighted by atomic mass is 35.5. The van der Waals surface area contributed by atoms with Crippen LogP contribution in [0.2, 0.25) is 5.02 Å². The normalized spacial score (nSPS) is 18.2. The van der Waals surface area contributed by atoms with Crippen LogP contribution < -0.4 is 5.32 Å². The molecule has 2 aromatic rings. The molecule has 8 heteroatoms. The first-order valence-electron chi connectivity index (χ1n) is 8.70. The van der Waals surface area contributed by atoms with Crippen LogP contribution in [0, 0.1) is 5.82 Å². The van der Waals surface area contributed by atoms with E-state index >= 15 is 0 Å². The fourth-order valence-electron chi connectivity index (χ4n) is 3.21. The molecule has 1 N–H and O–H groups in total. The predicted octanol–water partition coefficient (Wildman–Crippen LogP) is 4.05. The zero-order valence-corrected chi connectivity index (χ0v) is 16.1. The van der Waals surface area contributed by atoms with Crippen molar-refractivity contribution in [3.8, 4) is 0 Å². The van der Waals surface area contributed by atoms with E-state index in [0.717, 1.165) is 25.0 Å². The first-order chi connectivity index (χ1) is 12.9. The number of carbonyl (C=O) groups excluding carboxylic acids is 1. The third kappa shape index (κ3) is 4.66. The predicted molar refractivity (Wildman–Crippen MR) is 103 cm³/mol. The number of amides is 1. The molecular formula is C19H20ClFN2O3S. The fourth-order valence-corrected chi connectivity index (χ4v) is 5.09. The van der Waals surface area contributed by atoms with E-state index in [-0.39, 0.29) is 17.2 Å². The van der Waals surface area contributed by atoms with E-state index in [0.29, 0.717) is 23.7 Å². The molecule has 2 aromatic carbocycles. The van der Waals surface area contributed by atoms with Crippen LogP contribution >= 0.6 is 11.6 Å². The average Bonchev–Trinajstić information content (AvgIpc) is 2.64. The summed E-state index contributed by atoms with van der Waals surface area (Å²) in [7, 11) is -3.79. The minimum atomic E-state index is -3.79. The highest BCUT2D eigenvalue weighted by Gasteiger charge is 2.34. The summed E-state index contributed by atoms with van der Waals surface area (Å²) in [4.78, 5) is 12.5. The van der Waals surface area contributed by atoms with Crippen molar-refractivity contribution < 1.29 is 17.6 Å². The minimum absolute atomic E-state index is 0.0299. The zero-order chi connectivity index (χ0) is 19.4. The third-order valence-corrected chi connectivity index (χ3v) is 6.86. The Bertz CT molecular complexity index is 919. The zero-order valence-electron chi connectivity index (χ0n) is 14.6. The molecule has 27 heavy (non-hydrogen) atoms. The van der Waals surface area contributed by atoms with Gasteiger partial charge in [-0.2, -0.15) is 4.31 Å². The monoisotopic (exact) mass is 410 g/mol. The van der Waals surface area contributed by atoms with Gasteiger partial charge in [0.2, 0.25) is 15.9 Å². The van der Waals surface area contributed by atoms with Gasteiger partial charge in [0.25, 0.3) is 0 Å². The van der Waals surface area contributed by atoms with Crippen LogP contribution in [0.15, 0.2) is 53.4 Å². The molecule has 0 aromatic heterocycles. The molecule has 144 valence electrons. The summed E-state index contributed by atoms with van der Waals surface area (Å²) >= 11 is 6.05. The Kier molecular flexibility index (Phi) is 6.14. The molecule has 1 aliphatic heterocycles. The summed E-state index contributed by atoms with van der Waals surface area (Å²) in [5.74, 6) is -0.794. The Hall–Kier alpha value is -1.96. The second kappa shape index (κ2) is 8.37. The van der Waals surface area contributed by atoms with Crippen molar-refractivity contribution in [1.82, 2.24) is 4.31 Å². The number of halogens is 2. The number of sulfonamides is 1. The van der Waals surface area contributed by atoms with Crippen molar-refractivity contribution >= 4 is 33.2 Å². The Morgan fingerprint density at radius 2 is 1.85 bits per heavy atom. The molecular weight excluding hydrogens is 391 g/mol. The maximum atomic E-state index is 13.1. The number of hydrogen-bond acceptors (Lipinski definition) is 3. The molecule has 5 nitrogen and oxygen atoms in total. The Morgan fingerprint density at radius 1 is 1.15 bits per heavy atom. The largest absolute Gasteiger partial charge is 0.325 e. The maximum absolute atomic E-state index is 13.1. The minimum Gasteiger partial charge on any atom is -0.325 e. The summed E-state index contributed by atoms with van der Waals surface area (Å²) < 4.78 is 40.4. The summed E-state index contributed by atoms with van der Waals surface area (Å²) in [5, 5.41) is 3.16. The lowest BCUT2D eigenvalue weighted by molar-refractivity contribution is -0.117. The van der Waals surface area contributed by atoms with Crippen LogP contribution in [-0.2, 0) is 14.8 Å². The van der Waals surface area contributed by atoms with E-state index in [4.69, 9.17) is 11.6 Å². The molecule has 1 amide bonds. The Labute approximate surface area is 163 Å². The van der Waals surface area contributed by atoms with Crippen LogP contribution in [0.5, 0.6) is 0 Å². The third-order valence-electron chi connectivity index (χ3n) is 4.56. The second-order valence-electron chi connectivity index (χ2n) is 6.45. The molecule has 1 unspecified atom stereocenters. The molecule has 0 radical (unpaired) electrons. The molecule has 1 saturated heterocycles. The van der Waals surface area contributed by atoms with Crippen molar-refractivity contribution in [2.75, 3.05) is 11.9 Å². The van der Waals surface area contributed by atoms with Gasteiger partial charge < -0.3 is 5.32 Å².